The van der Waals surface area contributed by atoms with Gasteiger partial charge in [-0.15, -0.1) is 0 Å². The predicted octanol–water partition coefficient (Wildman–Crippen LogP) is 1.38. The number of hydrogen-bond donors (Lipinski definition) is 0. The number of carbonyl (C=O) groups is 1. The maximum atomic E-state index is 12.6. The van der Waals surface area contributed by atoms with Crippen molar-refractivity contribution in [2.75, 3.05) is 20.2 Å². The van der Waals surface area contributed by atoms with E-state index in [4.69, 9.17) is 5.26 Å². The Morgan fingerprint density at radius 1 is 1.43 bits per heavy atom. The molecule has 114 valence electrons. The summed E-state index contributed by atoms with van der Waals surface area (Å²) in [5.41, 5.74) is 0.0849. The van der Waals surface area contributed by atoms with Crippen LogP contribution in [-0.2, 0) is 19.6 Å². The molecule has 0 aliphatic heterocycles. The molecule has 1 aromatic rings. The average molecular weight is 310 g/mol. The molecule has 0 heterocycles. The van der Waals surface area contributed by atoms with Crippen LogP contribution in [0.3, 0.4) is 0 Å². The van der Waals surface area contributed by atoms with E-state index < -0.39 is 21.9 Å². The number of ether oxygens (including phenoxy) is 1. The van der Waals surface area contributed by atoms with Crippen molar-refractivity contribution in [1.29, 1.82) is 5.26 Å². The summed E-state index contributed by atoms with van der Waals surface area (Å²) in [6.45, 7) is 3.48. The van der Waals surface area contributed by atoms with Crippen molar-refractivity contribution in [2.24, 2.45) is 5.92 Å². The third-order valence-electron chi connectivity index (χ3n) is 3.06. The number of benzene rings is 1. The Balaban J connectivity index is 3.15. The summed E-state index contributed by atoms with van der Waals surface area (Å²) in [5.74, 6) is -1.06. The van der Waals surface area contributed by atoms with Crippen molar-refractivity contribution in [3.63, 3.8) is 0 Å². The molecule has 0 unspecified atom stereocenters. The second-order valence-electron chi connectivity index (χ2n) is 4.49. The highest BCUT2D eigenvalue weighted by Crippen LogP contribution is 2.20. The zero-order valence-corrected chi connectivity index (χ0v) is 13.1. The highest BCUT2D eigenvalue weighted by Gasteiger charge is 2.29. The minimum absolute atomic E-state index is 0.00523. The van der Waals surface area contributed by atoms with Gasteiger partial charge in [0, 0.05) is 13.1 Å². The molecule has 0 aliphatic rings. The van der Waals surface area contributed by atoms with Crippen LogP contribution in [-0.4, -0.2) is 38.9 Å². The summed E-state index contributed by atoms with van der Waals surface area (Å²) in [7, 11) is -2.57. The second kappa shape index (κ2) is 7.20. The van der Waals surface area contributed by atoms with Gasteiger partial charge in [-0.1, -0.05) is 26.0 Å². The molecule has 1 aromatic carbocycles. The summed E-state index contributed by atoms with van der Waals surface area (Å²) < 4.78 is 31.0. The van der Waals surface area contributed by atoms with Crippen LogP contribution in [0.4, 0.5) is 0 Å². The lowest BCUT2D eigenvalue weighted by Crippen LogP contribution is -2.37. The Hall–Kier alpha value is -1.91. The number of methoxy groups -OCH3 is 1. The third kappa shape index (κ3) is 3.80. The smallest absolute Gasteiger partial charge is 0.309 e. The zero-order valence-electron chi connectivity index (χ0n) is 12.2. The maximum absolute atomic E-state index is 12.6. The lowest BCUT2D eigenvalue weighted by Gasteiger charge is -2.23. The van der Waals surface area contributed by atoms with Gasteiger partial charge in [0.05, 0.1) is 23.5 Å². The Bertz CT molecular complexity index is 649. The standard InChI is InChI=1S/C14H18N2O4S/c1-4-16(10-11(2)14(17)20-3)21(18,19)13-8-6-5-7-12(13)9-15/h5-8,11H,4,10H2,1-3H3/t11-/m0/s1. The van der Waals surface area contributed by atoms with Crippen LogP contribution in [0.15, 0.2) is 29.2 Å². The summed E-state index contributed by atoms with van der Waals surface area (Å²) >= 11 is 0. The molecule has 0 saturated carbocycles. The number of sulfonamides is 1. The molecular formula is C14H18N2O4S. The summed E-state index contributed by atoms with van der Waals surface area (Å²) in [6.07, 6.45) is 0. The molecule has 0 bridgehead atoms. The number of rotatable bonds is 6. The predicted molar refractivity (Wildman–Crippen MR) is 76.8 cm³/mol. The third-order valence-corrected chi connectivity index (χ3v) is 5.06. The van der Waals surface area contributed by atoms with Crippen LogP contribution in [0, 0.1) is 17.2 Å². The number of esters is 1. The number of carbonyl (C=O) groups excluding carboxylic acids is 1. The molecule has 0 aromatic heterocycles. The lowest BCUT2D eigenvalue weighted by molar-refractivity contribution is -0.145. The average Bonchev–Trinajstić information content (AvgIpc) is 2.50. The van der Waals surface area contributed by atoms with Crippen LogP contribution in [0.5, 0.6) is 0 Å². The fourth-order valence-electron chi connectivity index (χ4n) is 1.90. The molecule has 0 spiro atoms. The normalized spacial score (nSPS) is 12.7. The van der Waals surface area contributed by atoms with Crippen molar-refractivity contribution in [1.82, 2.24) is 4.31 Å². The molecule has 21 heavy (non-hydrogen) atoms. The quantitative estimate of drug-likeness (QED) is 0.741. The van der Waals surface area contributed by atoms with Crippen LogP contribution in [0.2, 0.25) is 0 Å². The van der Waals surface area contributed by atoms with E-state index in [2.05, 4.69) is 4.74 Å². The van der Waals surface area contributed by atoms with Crippen LogP contribution < -0.4 is 0 Å². The van der Waals surface area contributed by atoms with Gasteiger partial charge in [0.1, 0.15) is 6.07 Å². The summed E-state index contributed by atoms with van der Waals surface area (Å²) in [6, 6.07) is 7.87. The van der Waals surface area contributed by atoms with Crippen molar-refractivity contribution >= 4 is 16.0 Å². The van der Waals surface area contributed by atoms with Crippen LogP contribution in [0.25, 0.3) is 0 Å². The second-order valence-corrected chi connectivity index (χ2v) is 6.39. The van der Waals surface area contributed by atoms with Gasteiger partial charge in [0.15, 0.2) is 0 Å². The minimum atomic E-state index is -3.83. The van der Waals surface area contributed by atoms with E-state index in [1.54, 1.807) is 26.0 Å². The summed E-state index contributed by atoms with van der Waals surface area (Å²) in [5, 5.41) is 9.04. The van der Waals surface area contributed by atoms with Gasteiger partial charge >= 0.3 is 5.97 Å². The van der Waals surface area contributed by atoms with E-state index in [0.717, 1.165) is 0 Å². The Morgan fingerprint density at radius 3 is 2.57 bits per heavy atom. The molecule has 0 aliphatic carbocycles. The van der Waals surface area contributed by atoms with Crippen molar-refractivity contribution in [3.05, 3.63) is 29.8 Å². The molecule has 1 atom stereocenters. The van der Waals surface area contributed by atoms with E-state index in [0.29, 0.717) is 0 Å². The molecule has 0 saturated heterocycles. The highest BCUT2D eigenvalue weighted by atomic mass is 32.2. The van der Waals surface area contributed by atoms with Crippen LogP contribution in [0.1, 0.15) is 19.4 Å². The van der Waals surface area contributed by atoms with Gasteiger partial charge in [-0.05, 0) is 12.1 Å². The van der Waals surface area contributed by atoms with E-state index in [-0.39, 0.29) is 23.5 Å². The van der Waals surface area contributed by atoms with Gasteiger partial charge in [-0.2, -0.15) is 9.57 Å². The first-order valence-corrected chi connectivity index (χ1v) is 7.89. The zero-order chi connectivity index (χ0) is 16.0. The minimum Gasteiger partial charge on any atom is -0.469 e. The van der Waals surface area contributed by atoms with Gasteiger partial charge < -0.3 is 4.74 Å². The maximum Gasteiger partial charge on any atom is 0.309 e. The number of hydrogen-bond acceptors (Lipinski definition) is 5. The van der Waals surface area contributed by atoms with E-state index >= 15 is 0 Å². The van der Waals surface area contributed by atoms with Crippen LogP contribution >= 0.6 is 0 Å². The monoisotopic (exact) mass is 310 g/mol. The fraction of sp³-hybridized carbons (Fsp3) is 0.429. The fourth-order valence-corrected chi connectivity index (χ4v) is 3.58. The summed E-state index contributed by atoms with van der Waals surface area (Å²) in [4.78, 5) is 11.4. The number of nitriles is 1. The number of nitrogens with zero attached hydrogens (tertiary/aromatic N) is 2. The largest absolute Gasteiger partial charge is 0.469 e. The molecular weight excluding hydrogens is 292 g/mol. The first-order chi connectivity index (χ1) is 9.88. The first-order valence-electron chi connectivity index (χ1n) is 6.45. The van der Waals surface area contributed by atoms with Crippen molar-refractivity contribution < 1.29 is 17.9 Å². The topological polar surface area (TPSA) is 87.5 Å². The molecule has 0 fully saturated rings. The van der Waals surface area contributed by atoms with Gasteiger partial charge in [-0.3, -0.25) is 4.79 Å². The van der Waals surface area contributed by atoms with Crippen molar-refractivity contribution in [2.45, 2.75) is 18.7 Å². The Labute approximate surface area is 125 Å². The lowest BCUT2D eigenvalue weighted by atomic mass is 10.2. The molecule has 0 amide bonds. The van der Waals surface area contributed by atoms with Gasteiger partial charge in [0.2, 0.25) is 10.0 Å². The van der Waals surface area contributed by atoms with E-state index in [1.807, 2.05) is 6.07 Å². The van der Waals surface area contributed by atoms with Gasteiger partial charge in [0.25, 0.3) is 0 Å². The molecule has 7 heteroatoms. The SMILES string of the molecule is CCN(C[C@H](C)C(=O)OC)S(=O)(=O)c1ccccc1C#N. The molecule has 0 N–H and O–H groups in total. The first kappa shape index (κ1) is 17.1. The van der Waals surface area contributed by atoms with Gasteiger partial charge in [-0.25, -0.2) is 8.42 Å². The van der Waals surface area contributed by atoms with E-state index in [9.17, 15) is 13.2 Å². The van der Waals surface area contributed by atoms with Crippen molar-refractivity contribution in [3.8, 4) is 6.07 Å². The highest BCUT2D eigenvalue weighted by molar-refractivity contribution is 7.89. The Morgan fingerprint density at radius 2 is 2.05 bits per heavy atom. The molecule has 6 nitrogen and oxygen atoms in total. The van der Waals surface area contributed by atoms with E-state index in [1.165, 1.54) is 23.5 Å². The molecule has 1 rings (SSSR count). The molecule has 0 radical (unpaired) electrons. The Kier molecular flexibility index (Phi) is 5.88.